The number of aromatic nitrogens is 4. The van der Waals surface area contributed by atoms with Gasteiger partial charge in [-0.2, -0.15) is 9.97 Å². The van der Waals surface area contributed by atoms with Crippen LogP contribution in [0.4, 0.5) is 11.8 Å². The number of nitrogens with zero attached hydrogens (tertiary/aromatic N) is 5. The minimum atomic E-state index is 0.243. The van der Waals surface area contributed by atoms with E-state index in [0.717, 1.165) is 31.7 Å². The van der Waals surface area contributed by atoms with Crippen LogP contribution in [0.2, 0.25) is 0 Å². The summed E-state index contributed by atoms with van der Waals surface area (Å²) in [7, 11) is 1.58. The summed E-state index contributed by atoms with van der Waals surface area (Å²) in [5.74, 6) is 1.57. The molecule has 0 radical (unpaired) electrons. The SMILES string of the molecule is COc1cc(N2CCCC2Cn2ccnc2)nc(N)n1. The maximum Gasteiger partial charge on any atom is 0.225 e. The Labute approximate surface area is 117 Å². The highest BCUT2D eigenvalue weighted by molar-refractivity contribution is 5.47. The fourth-order valence-electron chi connectivity index (χ4n) is 2.65. The lowest BCUT2D eigenvalue weighted by Crippen LogP contribution is -2.33. The minimum Gasteiger partial charge on any atom is -0.481 e. The summed E-state index contributed by atoms with van der Waals surface area (Å²) in [6.45, 7) is 1.87. The van der Waals surface area contributed by atoms with E-state index in [0.29, 0.717) is 11.9 Å². The molecule has 2 N–H and O–H groups in total. The highest BCUT2D eigenvalue weighted by atomic mass is 16.5. The third kappa shape index (κ3) is 2.52. The Kier molecular flexibility index (Phi) is 3.41. The van der Waals surface area contributed by atoms with E-state index >= 15 is 0 Å². The number of methoxy groups -OCH3 is 1. The van der Waals surface area contributed by atoms with Crippen LogP contribution in [-0.2, 0) is 6.54 Å². The van der Waals surface area contributed by atoms with E-state index in [-0.39, 0.29) is 5.95 Å². The number of ether oxygens (including phenoxy) is 1. The van der Waals surface area contributed by atoms with Crippen molar-refractivity contribution < 1.29 is 4.74 Å². The van der Waals surface area contributed by atoms with Crippen LogP contribution in [0.1, 0.15) is 12.8 Å². The van der Waals surface area contributed by atoms with Gasteiger partial charge in [0.25, 0.3) is 0 Å². The number of anilines is 2. The first-order valence-corrected chi connectivity index (χ1v) is 6.67. The summed E-state index contributed by atoms with van der Waals surface area (Å²) >= 11 is 0. The fraction of sp³-hybridized carbons (Fsp3) is 0.462. The smallest absolute Gasteiger partial charge is 0.225 e. The zero-order chi connectivity index (χ0) is 13.9. The lowest BCUT2D eigenvalue weighted by molar-refractivity contribution is 0.397. The summed E-state index contributed by atoms with van der Waals surface area (Å²) in [6.07, 6.45) is 7.89. The number of nitrogens with two attached hydrogens (primary N) is 1. The summed E-state index contributed by atoms with van der Waals surface area (Å²) in [5.41, 5.74) is 5.74. The van der Waals surface area contributed by atoms with E-state index in [1.165, 1.54) is 0 Å². The Bertz CT molecular complexity index is 570. The molecular weight excluding hydrogens is 256 g/mol. The summed E-state index contributed by atoms with van der Waals surface area (Å²) in [6, 6.07) is 2.23. The molecule has 7 nitrogen and oxygen atoms in total. The standard InChI is InChI=1S/C13H18N6O/c1-20-12-7-11(16-13(14)17-12)19-5-2-3-10(19)8-18-6-4-15-9-18/h4,6-7,9-10H,2-3,5,8H2,1H3,(H2,14,16,17). The largest absolute Gasteiger partial charge is 0.481 e. The van der Waals surface area contributed by atoms with Gasteiger partial charge in [-0.05, 0) is 12.8 Å². The van der Waals surface area contributed by atoms with E-state index < -0.39 is 0 Å². The zero-order valence-corrected chi connectivity index (χ0v) is 11.4. The van der Waals surface area contributed by atoms with Crippen molar-refractivity contribution >= 4 is 11.8 Å². The van der Waals surface area contributed by atoms with Crippen molar-refractivity contribution in [2.45, 2.75) is 25.4 Å². The second-order valence-electron chi connectivity index (χ2n) is 4.88. The third-order valence-corrected chi connectivity index (χ3v) is 3.57. The van der Waals surface area contributed by atoms with Crippen molar-refractivity contribution in [3.8, 4) is 5.88 Å². The van der Waals surface area contributed by atoms with Crippen molar-refractivity contribution in [2.24, 2.45) is 0 Å². The molecule has 0 saturated carbocycles. The highest BCUT2D eigenvalue weighted by Crippen LogP contribution is 2.27. The summed E-state index contributed by atoms with van der Waals surface area (Å²) < 4.78 is 7.25. The predicted molar refractivity (Wildman–Crippen MR) is 75.6 cm³/mol. The molecule has 0 bridgehead atoms. The molecule has 0 amide bonds. The second-order valence-corrected chi connectivity index (χ2v) is 4.88. The van der Waals surface area contributed by atoms with Crippen LogP contribution in [0.5, 0.6) is 5.88 Å². The summed E-state index contributed by atoms with van der Waals surface area (Å²) in [4.78, 5) is 14.7. The van der Waals surface area contributed by atoms with Crippen LogP contribution < -0.4 is 15.4 Å². The molecule has 1 fully saturated rings. The molecule has 7 heteroatoms. The third-order valence-electron chi connectivity index (χ3n) is 3.57. The Morgan fingerprint density at radius 2 is 2.35 bits per heavy atom. The molecule has 1 aliphatic heterocycles. The molecule has 0 aromatic carbocycles. The number of hydrogen-bond donors (Lipinski definition) is 1. The van der Waals surface area contributed by atoms with Crippen LogP contribution in [0.25, 0.3) is 0 Å². The van der Waals surface area contributed by atoms with Gasteiger partial charge in [-0.15, -0.1) is 0 Å². The molecule has 1 atom stereocenters. The quantitative estimate of drug-likeness (QED) is 0.893. The molecule has 3 heterocycles. The van der Waals surface area contributed by atoms with Gasteiger partial charge in [-0.1, -0.05) is 0 Å². The first kappa shape index (κ1) is 12.7. The Morgan fingerprint density at radius 1 is 1.45 bits per heavy atom. The van der Waals surface area contributed by atoms with Crippen LogP contribution in [0.3, 0.4) is 0 Å². The average Bonchev–Trinajstić information content (AvgIpc) is 3.10. The first-order valence-electron chi connectivity index (χ1n) is 6.67. The van der Waals surface area contributed by atoms with Crippen LogP contribution in [0.15, 0.2) is 24.8 Å². The van der Waals surface area contributed by atoms with E-state index in [4.69, 9.17) is 10.5 Å². The number of hydrogen-bond acceptors (Lipinski definition) is 6. The molecule has 106 valence electrons. The molecule has 2 aromatic rings. The van der Waals surface area contributed by atoms with Gasteiger partial charge in [0.05, 0.1) is 13.4 Å². The van der Waals surface area contributed by atoms with Gasteiger partial charge in [0.1, 0.15) is 5.82 Å². The van der Waals surface area contributed by atoms with Gasteiger partial charge in [-0.3, -0.25) is 0 Å². The van der Waals surface area contributed by atoms with E-state index in [1.807, 2.05) is 18.6 Å². The van der Waals surface area contributed by atoms with Crippen molar-refractivity contribution in [1.29, 1.82) is 0 Å². The first-order chi connectivity index (χ1) is 9.76. The summed E-state index contributed by atoms with van der Waals surface area (Å²) in [5, 5.41) is 0. The number of rotatable bonds is 4. The Morgan fingerprint density at radius 3 is 3.10 bits per heavy atom. The minimum absolute atomic E-state index is 0.243. The maximum atomic E-state index is 5.74. The van der Waals surface area contributed by atoms with E-state index in [1.54, 1.807) is 13.3 Å². The maximum absolute atomic E-state index is 5.74. The van der Waals surface area contributed by atoms with E-state index in [9.17, 15) is 0 Å². The predicted octanol–water partition coefficient (Wildman–Crippen LogP) is 0.933. The monoisotopic (exact) mass is 274 g/mol. The van der Waals surface area contributed by atoms with Crippen molar-refractivity contribution in [3.05, 3.63) is 24.8 Å². The van der Waals surface area contributed by atoms with Gasteiger partial charge in [0.15, 0.2) is 0 Å². The van der Waals surface area contributed by atoms with Crippen molar-refractivity contribution in [3.63, 3.8) is 0 Å². The fourth-order valence-corrected chi connectivity index (χ4v) is 2.65. The molecule has 1 unspecified atom stereocenters. The Balaban J connectivity index is 1.82. The lowest BCUT2D eigenvalue weighted by atomic mass is 10.2. The molecular formula is C13H18N6O. The molecule has 1 aliphatic rings. The Hall–Kier alpha value is -2.31. The van der Waals surface area contributed by atoms with Crippen LogP contribution >= 0.6 is 0 Å². The van der Waals surface area contributed by atoms with E-state index in [2.05, 4.69) is 24.4 Å². The van der Waals surface area contributed by atoms with Gasteiger partial charge in [0, 0.05) is 37.6 Å². The number of imidazole rings is 1. The van der Waals surface area contributed by atoms with Crippen molar-refractivity contribution in [2.75, 3.05) is 24.3 Å². The normalized spacial score (nSPS) is 18.4. The topological polar surface area (TPSA) is 82.1 Å². The average molecular weight is 274 g/mol. The van der Waals surface area contributed by atoms with Crippen LogP contribution in [0, 0.1) is 0 Å². The molecule has 1 saturated heterocycles. The zero-order valence-electron chi connectivity index (χ0n) is 11.4. The van der Waals surface area contributed by atoms with Crippen molar-refractivity contribution in [1.82, 2.24) is 19.5 Å². The van der Waals surface area contributed by atoms with Gasteiger partial charge >= 0.3 is 0 Å². The van der Waals surface area contributed by atoms with Gasteiger partial charge < -0.3 is 19.9 Å². The van der Waals surface area contributed by atoms with Gasteiger partial charge in [-0.25, -0.2) is 4.98 Å². The molecule has 3 rings (SSSR count). The second kappa shape index (κ2) is 5.36. The highest BCUT2D eigenvalue weighted by Gasteiger charge is 2.26. The molecule has 20 heavy (non-hydrogen) atoms. The number of nitrogen functional groups attached to an aromatic ring is 1. The molecule has 0 spiro atoms. The lowest BCUT2D eigenvalue weighted by Gasteiger charge is -2.26. The molecule has 0 aliphatic carbocycles. The van der Waals surface area contributed by atoms with Gasteiger partial charge in [0.2, 0.25) is 11.8 Å². The molecule has 2 aromatic heterocycles. The van der Waals surface area contributed by atoms with Crippen LogP contribution in [-0.4, -0.2) is 39.2 Å².